The van der Waals surface area contributed by atoms with E-state index in [0.717, 1.165) is 91.6 Å². The Morgan fingerprint density at radius 2 is 1.21 bits per heavy atom. The number of allylic oxidation sites excluding steroid dienone is 5. The van der Waals surface area contributed by atoms with Crippen molar-refractivity contribution in [2.75, 3.05) is 0 Å². The highest BCUT2D eigenvalue weighted by Crippen LogP contribution is 2.62. The minimum Gasteiger partial charge on any atom is -0.457 e. The summed E-state index contributed by atoms with van der Waals surface area (Å²) in [6, 6.07) is 58.3. The summed E-state index contributed by atoms with van der Waals surface area (Å²) in [5.41, 5.74) is 16.4. The van der Waals surface area contributed by atoms with Crippen molar-refractivity contribution >= 4 is 11.8 Å². The summed E-state index contributed by atoms with van der Waals surface area (Å²) in [6.07, 6.45) is 14.3. The molecule has 8 aromatic rings. The molecular weight excluding hydrogens is 769 g/mol. The molecule has 6 aromatic carbocycles. The van der Waals surface area contributed by atoms with Gasteiger partial charge in [-0.25, -0.2) is 9.97 Å². The van der Waals surface area contributed by atoms with Crippen LogP contribution in [0.1, 0.15) is 66.2 Å². The summed E-state index contributed by atoms with van der Waals surface area (Å²) in [5, 5.41) is 0. The standard InChI is InChI=1S/C58H44N4O/c1-3-15-38(16-4-2)51-35-44(36-52(60-51)41-29-31-59-32-30-41)42-25-27-45-46-28-26-43(57-61-53(39-17-7-5-8-18-39)37-54(62-57)40-19-9-6-10-20-40)34-50(46)58(49(45)33-42)47-21-11-13-23-55(47)63-56-24-14-12-22-48(56)58/h3,5-29,31-37,41H,4,30H2,1-2H3/b15-3-,38-16+. The molecule has 1 atom stereocenters. The van der Waals surface area contributed by atoms with Crippen LogP contribution < -0.4 is 4.74 Å². The molecule has 0 amide bonds. The van der Waals surface area contributed by atoms with E-state index in [1.54, 1.807) is 0 Å². The van der Waals surface area contributed by atoms with Gasteiger partial charge in [-0.15, -0.1) is 0 Å². The van der Waals surface area contributed by atoms with Crippen LogP contribution in [0.3, 0.4) is 0 Å². The molecule has 2 aliphatic heterocycles. The van der Waals surface area contributed by atoms with Crippen molar-refractivity contribution in [1.29, 1.82) is 0 Å². The Bertz CT molecular complexity index is 3080. The van der Waals surface area contributed by atoms with Crippen LogP contribution in [0.25, 0.3) is 61.7 Å². The van der Waals surface area contributed by atoms with Gasteiger partial charge in [0.2, 0.25) is 0 Å². The Morgan fingerprint density at radius 3 is 1.81 bits per heavy atom. The molecule has 0 N–H and O–H groups in total. The minimum absolute atomic E-state index is 0.136. The third kappa shape index (κ3) is 6.56. The first kappa shape index (κ1) is 38.2. The molecular formula is C58H44N4O. The number of para-hydroxylation sites is 2. The SMILES string of the molecule is C/C=C\C(=C/CC)c1cc(-c2ccc3c(c2)C2(c4ccccc4Oc4ccccc42)c2cc(-c4nc(-c5ccccc5)cc(-c5ccccc5)n4)ccc2-3)cc(C2C=CN=CC2)n1. The van der Waals surface area contributed by atoms with Crippen molar-refractivity contribution in [3.63, 3.8) is 0 Å². The Labute approximate surface area is 368 Å². The summed E-state index contributed by atoms with van der Waals surface area (Å²) in [7, 11) is 0. The van der Waals surface area contributed by atoms with Gasteiger partial charge in [-0.1, -0.05) is 153 Å². The van der Waals surface area contributed by atoms with Gasteiger partial charge in [0.05, 0.1) is 22.5 Å². The maximum absolute atomic E-state index is 6.76. The van der Waals surface area contributed by atoms with Gasteiger partial charge >= 0.3 is 0 Å². The molecule has 0 radical (unpaired) electrons. The molecule has 5 nitrogen and oxygen atoms in total. The number of benzene rings is 6. The van der Waals surface area contributed by atoms with Crippen molar-refractivity contribution in [3.05, 3.63) is 228 Å². The number of hydrogen-bond acceptors (Lipinski definition) is 5. The molecule has 11 rings (SSSR count). The van der Waals surface area contributed by atoms with Crippen LogP contribution in [0.2, 0.25) is 0 Å². The maximum Gasteiger partial charge on any atom is 0.160 e. The smallest absolute Gasteiger partial charge is 0.160 e. The number of aromatic nitrogens is 3. The average Bonchev–Trinajstić information content (AvgIpc) is 3.63. The highest BCUT2D eigenvalue weighted by molar-refractivity contribution is 5.92. The zero-order chi connectivity index (χ0) is 42.3. The number of aliphatic imine (C=N–C) groups is 1. The van der Waals surface area contributed by atoms with Crippen LogP contribution in [0.4, 0.5) is 0 Å². The number of fused-ring (bicyclic) bond motifs is 9. The van der Waals surface area contributed by atoms with Gasteiger partial charge in [0, 0.05) is 51.8 Å². The van der Waals surface area contributed by atoms with E-state index in [1.165, 1.54) is 22.3 Å². The lowest BCUT2D eigenvalue weighted by atomic mass is 9.65. The molecule has 302 valence electrons. The maximum atomic E-state index is 6.76. The second-order valence-electron chi connectivity index (χ2n) is 16.3. The van der Waals surface area contributed by atoms with E-state index in [4.69, 9.17) is 19.7 Å². The predicted octanol–water partition coefficient (Wildman–Crippen LogP) is 14.4. The molecule has 63 heavy (non-hydrogen) atoms. The van der Waals surface area contributed by atoms with Crippen LogP contribution in [0.5, 0.6) is 11.5 Å². The van der Waals surface area contributed by atoms with E-state index in [0.29, 0.717) is 5.82 Å². The molecule has 5 heteroatoms. The fourth-order valence-corrected chi connectivity index (χ4v) is 9.71. The van der Waals surface area contributed by atoms with Crippen LogP contribution >= 0.6 is 0 Å². The minimum atomic E-state index is -0.707. The number of nitrogens with zero attached hydrogens (tertiary/aromatic N) is 4. The number of rotatable bonds is 8. The molecule has 1 unspecified atom stereocenters. The van der Waals surface area contributed by atoms with Crippen molar-refractivity contribution < 1.29 is 4.74 Å². The van der Waals surface area contributed by atoms with Gasteiger partial charge in [0.1, 0.15) is 11.5 Å². The molecule has 0 fully saturated rings. The summed E-state index contributed by atoms with van der Waals surface area (Å²) in [4.78, 5) is 20.2. The molecule has 2 aromatic heterocycles. The van der Waals surface area contributed by atoms with Gasteiger partial charge in [-0.2, -0.15) is 0 Å². The first-order valence-corrected chi connectivity index (χ1v) is 21.8. The van der Waals surface area contributed by atoms with Crippen molar-refractivity contribution in [2.24, 2.45) is 4.99 Å². The third-order valence-corrected chi connectivity index (χ3v) is 12.6. The van der Waals surface area contributed by atoms with Crippen molar-refractivity contribution in [2.45, 2.75) is 38.0 Å². The van der Waals surface area contributed by atoms with E-state index in [-0.39, 0.29) is 5.92 Å². The van der Waals surface area contributed by atoms with E-state index in [9.17, 15) is 0 Å². The van der Waals surface area contributed by atoms with Crippen molar-refractivity contribution in [1.82, 2.24) is 15.0 Å². The van der Waals surface area contributed by atoms with Gasteiger partial charge in [0.15, 0.2) is 5.82 Å². The van der Waals surface area contributed by atoms with E-state index in [1.807, 2.05) is 24.5 Å². The molecule has 3 aliphatic rings. The highest BCUT2D eigenvalue weighted by atomic mass is 16.5. The van der Waals surface area contributed by atoms with E-state index >= 15 is 0 Å². The van der Waals surface area contributed by atoms with Gasteiger partial charge in [-0.05, 0) is 101 Å². The summed E-state index contributed by atoms with van der Waals surface area (Å²) < 4.78 is 6.76. The van der Waals surface area contributed by atoms with Gasteiger partial charge in [0.25, 0.3) is 0 Å². The number of hydrogen-bond donors (Lipinski definition) is 0. The first-order valence-electron chi connectivity index (χ1n) is 21.8. The monoisotopic (exact) mass is 812 g/mol. The number of pyridine rings is 1. The molecule has 4 heterocycles. The summed E-state index contributed by atoms with van der Waals surface area (Å²) in [5.74, 6) is 2.50. The Morgan fingerprint density at radius 1 is 0.603 bits per heavy atom. The second-order valence-corrected chi connectivity index (χ2v) is 16.3. The number of ether oxygens (including phenoxy) is 1. The lowest BCUT2D eigenvalue weighted by Gasteiger charge is -2.39. The molecule has 1 spiro atoms. The Hall–Kier alpha value is -7.76. The zero-order valence-corrected chi connectivity index (χ0v) is 35.2. The molecule has 0 saturated heterocycles. The normalized spacial score (nSPS) is 15.5. The topological polar surface area (TPSA) is 60.3 Å². The van der Waals surface area contributed by atoms with Crippen LogP contribution in [-0.2, 0) is 5.41 Å². The fraction of sp³-hybridized carbons (Fsp3) is 0.103. The highest BCUT2D eigenvalue weighted by Gasteiger charge is 2.51. The molecule has 0 saturated carbocycles. The third-order valence-electron chi connectivity index (χ3n) is 12.6. The lowest BCUT2D eigenvalue weighted by Crippen LogP contribution is -2.32. The van der Waals surface area contributed by atoms with Crippen LogP contribution in [0.15, 0.2) is 199 Å². The van der Waals surface area contributed by atoms with Crippen molar-refractivity contribution in [3.8, 4) is 67.7 Å². The Kier molecular flexibility index (Phi) is 9.65. The van der Waals surface area contributed by atoms with Gasteiger partial charge < -0.3 is 4.74 Å². The van der Waals surface area contributed by atoms with Crippen LogP contribution in [0, 0.1) is 0 Å². The zero-order valence-electron chi connectivity index (χ0n) is 35.2. The van der Waals surface area contributed by atoms with E-state index in [2.05, 4.69) is 195 Å². The van der Waals surface area contributed by atoms with Gasteiger partial charge in [-0.3, -0.25) is 9.98 Å². The summed E-state index contributed by atoms with van der Waals surface area (Å²) >= 11 is 0. The summed E-state index contributed by atoms with van der Waals surface area (Å²) in [6.45, 7) is 4.24. The predicted molar refractivity (Wildman–Crippen MR) is 257 cm³/mol. The Balaban J connectivity index is 1.15. The van der Waals surface area contributed by atoms with Crippen LogP contribution in [-0.4, -0.2) is 21.2 Å². The quantitative estimate of drug-likeness (QED) is 0.143. The second kappa shape index (κ2) is 15.9. The lowest BCUT2D eigenvalue weighted by molar-refractivity contribution is 0.436. The fourth-order valence-electron chi connectivity index (χ4n) is 9.71. The molecule has 0 bridgehead atoms. The first-order chi connectivity index (χ1) is 31.1. The average molecular weight is 813 g/mol. The largest absolute Gasteiger partial charge is 0.457 e. The van der Waals surface area contributed by atoms with E-state index < -0.39 is 5.41 Å². The molecule has 1 aliphatic carbocycles.